The third-order valence-corrected chi connectivity index (χ3v) is 3.28. The molecule has 2 aliphatic heterocycles. The fraction of sp³-hybridized carbons (Fsp3) is 0.667. The molecule has 0 aromatic carbocycles. The summed E-state index contributed by atoms with van der Waals surface area (Å²) >= 11 is 1.48. The normalized spacial score (nSPS) is 20.3. The molecule has 2 heterocycles. The van der Waals surface area contributed by atoms with Crippen LogP contribution in [0, 0.1) is 0 Å². The molecule has 2 rings (SSSR count). The molecule has 6 heteroatoms. The van der Waals surface area contributed by atoms with Crippen LogP contribution in [0.15, 0.2) is 4.99 Å². The molecule has 0 saturated carbocycles. The van der Waals surface area contributed by atoms with Gasteiger partial charge in [0.1, 0.15) is 0 Å². The minimum absolute atomic E-state index is 0.428. The molecule has 1 N–H and O–H groups in total. The SMILES string of the molecule is O=C(NC1=NCCS1)C(=O)N1CCCC1. The van der Waals surface area contributed by atoms with E-state index in [4.69, 9.17) is 0 Å². The summed E-state index contributed by atoms with van der Waals surface area (Å²) in [5.41, 5.74) is 0. The third kappa shape index (κ3) is 2.50. The van der Waals surface area contributed by atoms with Crippen molar-refractivity contribution in [3.05, 3.63) is 0 Å². The minimum Gasteiger partial charge on any atom is -0.334 e. The first-order valence-corrected chi connectivity index (χ1v) is 6.03. The molecule has 5 nitrogen and oxygen atoms in total. The van der Waals surface area contributed by atoms with Gasteiger partial charge in [-0.25, -0.2) is 0 Å². The van der Waals surface area contributed by atoms with Gasteiger partial charge in [-0.15, -0.1) is 0 Å². The minimum atomic E-state index is -0.551. The van der Waals surface area contributed by atoms with Crippen LogP contribution in [0.5, 0.6) is 0 Å². The van der Waals surface area contributed by atoms with Gasteiger partial charge in [0, 0.05) is 18.8 Å². The molecule has 1 saturated heterocycles. The number of amidine groups is 1. The number of carbonyl (C=O) groups is 2. The summed E-state index contributed by atoms with van der Waals surface area (Å²) in [4.78, 5) is 28.7. The predicted molar refractivity (Wildman–Crippen MR) is 58.7 cm³/mol. The van der Waals surface area contributed by atoms with Crippen LogP contribution in [0.25, 0.3) is 0 Å². The number of likely N-dealkylation sites (tertiary alicyclic amines) is 1. The summed E-state index contributed by atoms with van der Waals surface area (Å²) in [6.07, 6.45) is 1.99. The first-order chi connectivity index (χ1) is 7.27. The first kappa shape index (κ1) is 10.5. The van der Waals surface area contributed by atoms with Crippen molar-refractivity contribution in [3.63, 3.8) is 0 Å². The fourth-order valence-electron chi connectivity index (χ4n) is 1.63. The summed E-state index contributed by atoms with van der Waals surface area (Å²) < 4.78 is 0. The predicted octanol–water partition coefficient (Wildman–Crippen LogP) is -0.172. The van der Waals surface area contributed by atoms with Crippen molar-refractivity contribution in [2.24, 2.45) is 4.99 Å². The highest BCUT2D eigenvalue weighted by Crippen LogP contribution is 2.10. The molecule has 82 valence electrons. The van der Waals surface area contributed by atoms with Gasteiger partial charge in [-0.05, 0) is 12.8 Å². The van der Waals surface area contributed by atoms with E-state index in [0.717, 1.165) is 25.1 Å². The first-order valence-electron chi connectivity index (χ1n) is 5.05. The number of aliphatic imine (C=N–C) groups is 1. The van der Waals surface area contributed by atoms with Crippen molar-refractivity contribution in [2.45, 2.75) is 12.8 Å². The molecule has 0 aromatic heterocycles. The van der Waals surface area contributed by atoms with Crippen LogP contribution < -0.4 is 5.32 Å². The Labute approximate surface area is 92.3 Å². The Balaban J connectivity index is 1.86. The van der Waals surface area contributed by atoms with E-state index < -0.39 is 11.8 Å². The molecule has 0 radical (unpaired) electrons. The summed E-state index contributed by atoms with van der Waals surface area (Å²) in [7, 11) is 0. The van der Waals surface area contributed by atoms with Gasteiger partial charge in [0.05, 0.1) is 6.54 Å². The van der Waals surface area contributed by atoms with E-state index in [1.807, 2.05) is 0 Å². The topological polar surface area (TPSA) is 61.8 Å². The van der Waals surface area contributed by atoms with Crippen LogP contribution >= 0.6 is 11.8 Å². The van der Waals surface area contributed by atoms with Crippen molar-refractivity contribution in [3.8, 4) is 0 Å². The summed E-state index contributed by atoms with van der Waals surface area (Å²) in [6, 6.07) is 0. The van der Waals surface area contributed by atoms with E-state index in [1.165, 1.54) is 11.8 Å². The molecule has 15 heavy (non-hydrogen) atoms. The zero-order valence-corrected chi connectivity index (χ0v) is 9.18. The molecule has 0 bridgehead atoms. The maximum atomic E-state index is 11.6. The standard InChI is InChI=1S/C9H13N3O2S/c13-7(11-9-10-3-6-15-9)8(14)12-4-1-2-5-12/h1-6H2,(H,10,11,13). The van der Waals surface area contributed by atoms with E-state index >= 15 is 0 Å². The van der Waals surface area contributed by atoms with Gasteiger partial charge in [0.15, 0.2) is 5.17 Å². The zero-order chi connectivity index (χ0) is 10.7. The highest BCUT2D eigenvalue weighted by molar-refractivity contribution is 8.14. The molecule has 2 amide bonds. The second-order valence-corrected chi connectivity index (χ2v) is 4.57. The lowest BCUT2D eigenvalue weighted by atomic mass is 10.4. The van der Waals surface area contributed by atoms with E-state index in [-0.39, 0.29) is 0 Å². The average molecular weight is 227 g/mol. The van der Waals surface area contributed by atoms with Crippen LogP contribution in [0.4, 0.5) is 0 Å². The average Bonchev–Trinajstić information content (AvgIpc) is 2.88. The number of hydrogen-bond acceptors (Lipinski definition) is 4. The van der Waals surface area contributed by atoms with Crippen LogP contribution in [-0.4, -0.2) is 47.3 Å². The lowest BCUT2D eigenvalue weighted by Crippen LogP contribution is -2.42. The molecule has 0 unspecified atom stereocenters. The molecule has 0 aromatic rings. The smallest absolute Gasteiger partial charge is 0.315 e. The van der Waals surface area contributed by atoms with Crippen LogP contribution in [-0.2, 0) is 9.59 Å². The Morgan fingerprint density at radius 1 is 1.33 bits per heavy atom. The maximum Gasteiger partial charge on any atom is 0.315 e. The van der Waals surface area contributed by atoms with Gasteiger partial charge in [0.2, 0.25) is 0 Å². The molecule has 0 atom stereocenters. The number of rotatable bonds is 0. The van der Waals surface area contributed by atoms with Gasteiger partial charge in [0.25, 0.3) is 0 Å². The molecular weight excluding hydrogens is 214 g/mol. The van der Waals surface area contributed by atoms with E-state index in [1.54, 1.807) is 4.90 Å². The number of carbonyl (C=O) groups excluding carboxylic acids is 2. The highest BCUT2D eigenvalue weighted by Gasteiger charge is 2.25. The number of thioether (sulfide) groups is 1. The molecule has 1 fully saturated rings. The lowest BCUT2D eigenvalue weighted by Gasteiger charge is -2.13. The molecular formula is C9H13N3O2S. The Morgan fingerprint density at radius 2 is 2.07 bits per heavy atom. The van der Waals surface area contributed by atoms with Gasteiger partial charge < -0.3 is 4.90 Å². The molecule has 0 spiro atoms. The number of hydrogen-bond donors (Lipinski definition) is 1. The molecule has 0 aliphatic carbocycles. The zero-order valence-electron chi connectivity index (χ0n) is 8.36. The van der Waals surface area contributed by atoms with Gasteiger partial charge >= 0.3 is 11.8 Å². The molecule has 2 aliphatic rings. The highest BCUT2D eigenvalue weighted by atomic mass is 32.2. The quantitative estimate of drug-likeness (QED) is 0.584. The Morgan fingerprint density at radius 3 is 2.67 bits per heavy atom. The summed E-state index contributed by atoms with van der Waals surface area (Å²) in [5, 5.41) is 3.11. The second kappa shape index (κ2) is 4.65. The van der Waals surface area contributed by atoms with E-state index in [0.29, 0.717) is 18.3 Å². The maximum absolute atomic E-state index is 11.6. The van der Waals surface area contributed by atoms with Gasteiger partial charge in [-0.3, -0.25) is 19.9 Å². The Bertz CT molecular complexity index is 310. The van der Waals surface area contributed by atoms with Crippen LogP contribution in [0.2, 0.25) is 0 Å². The second-order valence-electron chi connectivity index (χ2n) is 3.49. The van der Waals surface area contributed by atoms with Crippen LogP contribution in [0.3, 0.4) is 0 Å². The van der Waals surface area contributed by atoms with Crippen molar-refractivity contribution < 1.29 is 9.59 Å². The number of nitrogens with zero attached hydrogens (tertiary/aromatic N) is 2. The van der Waals surface area contributed by atoms with Crippen LogP contribution in [0.1, 0.15) is 12.8 Å². The number of nitrogens with one attached hydrogen (secondary N) is 1. The van der Waals surface area contributed by atoms with Crippen molar-refractivity contribution in [1.29, 1.82) is 0 Å². The summed E-state index contributed by atoms with van der Waals surface area (Å²) in [5.74, 6) is -0.0965. The fourth-order valence-corrected chi connectivity index (χ4v) is 2.35. The number of amides is 2. The monoisotopic (exact) mass is 227 g/mol. The Kier molecular flexibility index (Phi) is 3.25. The summed E-state index contributed by atoms with van der Waals surface area (Å²) in [6.45, 7) is 2.12. The van der Waals surface area contributed by atoms with Crippen molar-refractivity contribution in [2.75, 3.05) is 25.4 Å². The Hall–Kier alpha value is -1.04. The van der Waals surface area contributed by atoms with Gasteiger partial charge in [-0.2, -0.15) is 0 Å². The van der Waals surface area contributed by atoms with E-state index in [9.17, 15) is 9.59 Å². The van der Waals surface area contributed by atoms with Crippen molar-refractivity contribution in [1.82, 2.24) is 10.2 Å². The van der Waals surface area contributed by atoms with Gasteiger partial charge in [-0.1, -0.05) is 11.8 Å². The lowest BCUT2D eigenvalue weighted by molar-refractivity contribution is -0.144. The van der Waals surface area contributed by atoms with Crippen molar-refractivity contribution >= 4 is 28.7 Å². The largest absolute Gasteiger partial charge is 0.334 e. The van der Waals surface area contributed by atoms with E-state index in [2.05, 4.69) is 10.3 Å². The third-order valence-electron chi connectivity index (χ3n) is 2.39.